The highest BCUT2D eigenvalue weighted by Crippen LogP contribution is 2.27. The SMILES string of the molecule is COc1cn(Cc2ccc(F)c(C)c2)c(Nc2cc(C)cc3[nH]ccc23)nc1=O. The van der Waals surface area contributed by atoms with E-state index < -0.39 is 5.56 Å². The number of aromatic nitrogens is 3. The summed E-state index contributed by atoms with van der Waals surface area (Å²) in [5, 5.41) is 4.27. The Morgan fingerprint density at radius 2 is 2.03 bits per heavy atom. The third-order valence-corrected chi connectivity index (χ3v) is 4.82. The summed E-state index contributed by atoms with van der Waals surface area (Å²) >= 11 is 0. The van der Waals surface area contributed by atoms with Crippen molar-refractivity contribution < 1.29 is 9.13 Å². The Morgan fingerprint density at radius 1 is 1.21 bits per heavy atom. The number of hydrogen-bond donors (Lipinski definition) is 2. The Kier molecular flexibility index (Phi) is 4.80. The number of anilines is 2. The first-order valence-corrected chi connectivity index (χ1v) is 9.20. The molecule has 0 aliphatic rings. The molecule has 2 heterocycles. The summed E-state index contributed by atoms with van der Waals surface area (Å²) < 4.78 is 20.6. The van der Waals surface area contributed by atoms with Gasteiger partial charge < -0.3 is 19.6 Å². The van der Waals surface area contributed by atoms with Crippen LogP contribution in [0.25, 0.3) is 10.9 Å². The Bertz CT molecular complexity index is 1260. The van der Waals surface area contributed by atoms with Gasteiger partial charge in [-0.05, 0) is 54.8 Å². The number of aryl methyl sites for hydroxylation is 2. The molecule has 0 aliphatic carbocycles. The number of rotatable bonds is 5. The second-order valence-corrected chi connectivity index (χ2v) is 7.03. The number of methoxy groups -OCH3 is 1. The fourth-order valence-corrected chi connectivity index (χ4v) is 3.37. The molecule has 2 N–H and O–H groups in total. The van der Waals surface area contributed by atoms with Gasteiger partial charge in [-0.25, -0.2) is 4.39 Å². The summed E-state index contributed by atoms with van der Waals surface area (Å²) in [5.74, 6) is 0.272. The molecule has 7 heteroatoms. The smallest absolute Gasteiger partial charge is 0.316 e. The zero-order valence-corrected chi connectivity index (χ0v) is 16.4. The first-order chi connectivity index (χ1) is 13.9. The molecular formula is C22H21FN4O2. The van der Waals surface area contributed by atoms with E-state index in [1.54, 1.807) is 29.8 Å². The first kappa shape index (κ1) is 18.7. The van der Waals surface area contributed by atoms with E-state index in [4.69, 9.17) is 4.74 Å². The van der Waals surface area contributed by atoms with Gasteiger partial charge in [-0.2, -0.15) is 4.98 Å². The lowest BCUT2D eigenvalue weighted by atomic mass is 10.1. The van der Waals surface area contributed by atoms with Gasteiger partial charge in [0.05, 0.1) is 25.5 Å². The maximum absolute atomic E-state index is 13.6. The van der Waals surface area contributed by atoms with Crippen molar-refractivity contribution in [2.45, 2.75) is 20.4 Å². The van der Waals surface area contributed by atoms with Crippen molar-refractivity contribution in [2.24, 2.45) is 0 Å². The molecule has 0 spiro atoms. The molecule has 4 aromatic rings. The van der Waals surface area contributed by atoms with Gasteiger partial charge >= 0.3 is 5.56 Å². The zero-order chi connectivity index (χ0) is 20.5. The van der Waals surface area contributed by atoms with Crippen LogP contribution < -0.4 is 15.6 Å². The summed E-state index contributed by atoms with van der Waals surface area (Å²) in [6.45, 7) is 4.12. The van der Waals surface area contributed by atoms with Gasteiger partial charge in [0.15, 0.2) is 0 Å². The van der Waals surface area contributed by atoms with Crippen LogP contribution in [-0.4, -0.2) is 21.6 Å². The lowest BCUT2D eigenvalue weighted by Gasteiger charge is -2.16. The van der Waals surface area contributed by atoms with Crippen LogP contribution in [0.15, 0.2) is 53.6 Å². The largest absolute Gasteiger partial charge is 0.490 e. The fourth-order valence-electron chi connectivity index (χ4n) is 3.37. The standard InChI is InChI=1S/C22H21FN4O2/c1-13-8-18-16(6-7-24-18)19(9-13)25-22-26-21(28)20(29-3)12-27(22)11-15-4-5-17(23)14(2)10-15/h4-10,12,24H,11H2,1-3H3,(H,25,26,28). The van der Waals surface area contributed by atoms with Gasteiger partial charge in [-0.15, -0.1) is 0 Å². The van der Waals surface area contributed by atoms with Gasteiger partial charge in [-0.1, -0.05) is 12.1 Å². The quantitative estimate of drug-likeness (QED) is 0.532. The molecule has 0 atom stereocenters. The zero-order valence-electron chi connectivity index (χ0n) is 16.4. The summed E-state index contributed by atoms with van der Waals surface area (Å²) in [7, 11) is 1.43. The van der Waals surface area contributed by atoms with Crippen molar-refractivity contribution in [2.75, 3.05) is 12.4 Å². The number of halogens is 1. The van der Waals surface area contributed by atoms with Crippen LogP contribution in [0.2, 0.25) is 0 Å². The topological polar surface area (TPSA) is 71.9 Å². The van der Waals surface area contributed by atoms with E-state index in [1.807, 2.05) is 25.3 Å². The van der Waals surface area contributed by atoms with E-state index >= 15 is 0 Å². The number of H-pyrrole nitrogens is 1. The Balaban J connectivity index is 1.79. The van der Waals surface area contributed by atoms with Gasteiger partial charge in [0.1, 0.15) is 5.82 Å². The Morgan fingerprint density at radius 3 is 2.79 bits per heavy atom. The van der Waals surface area contributed by atoms with E-state index in [9.17, 15) is 9.18 Å². The number of fused-ring (bicyclic) bond motifs is 1. The van der Waals surface area contributed by atoms with Crippen molar-refractivity contribution in [3.05, 3.63) is 81.7 Å². The van der Waals surface area contributed by atoms with Crippen molar-refractivity contribution in [3.63, 3.8) is 0 Å². The predicted molar refractivity (Wildman–Crippen MR) is 112 cm³/mol. The molecule has 0 unspecified atom stereocenters. The van der Waals surface area contributed by atoms with Gasteiger partial charge in [0, 0.05) is 17.1 Å². The van der Waals surface area contributed by atoms with Gasteiger partial charge in [0.25, 0.3) is 0 Å². The molecule has 0 radical (unpaired) electrons. The molecular weight excluding hydrogens is 371 g/mol. The summed E-state index contributed by atoms with van der Waals surface area (Å²) in [4.78, 5) is 19.7. The van der Waals surface area contributed by atoms with E-state index in [1.165, 1.54) is 13.2 Å². The minimum Gasteiger partial charge on any atom is -0.490 e. The van der Waals surface area contributed by atoms with Crippen molar-refractivity contribution in [1.29, 1.82) is 0 Å². The van der Waals surface area contributed by atoms with Crippen LogP contribution in [0, 0.1) is 19.7 Å². The van der Waals surface area contributed by atoms with E-state index in [0.717, 1.165) is 27.7 Å². The highest BCUT2D eigenvalue weighted by Gasteiger charge is 2.12. The third-order valence-electron chi connectivity index (χ3n) is 4.82. The maximum Gasteiger partial charge on any atom is 0.316 e. The molecule has 0 fully saturated rings. The first-order valence-electron chi connectivity index (χ1n) is 9.20. The number of aromatic amines is 1. The highest BCUT2D eigenvalue weighted by molar-refractivity contribution is 5.93. The summed E-state index contributed by atoms with van der Waals surface area (Å²) in [5.41, 5.74) is 3.88. The lowest BCUT2D eigenvalue weighted by Crippen LogP contribution is -2.18. The Labute approximate surface area is 167 Å². The van der Waals surface area contributed by atoms with Crippen LogP contribution in [0.4, 0.5) is 16.0 Å². The number of hydrogen-bond acceptors (Lipinski definition) is 4. The fraction of sp³-hybridized carbons (Fsp3) is 0.182. The minimum atomic E-state index is -0.459. The molecule has 29 heavy (non-hydrogen) atoms. The van der Waals surface area contributed by atoms with Crippen LogP contribution in [0.5, 0.6) is 5.75 Å². The summed E-state index contributed by atoms with van der Waals surface area (Å²) in [6, 6.07) is 10.9. The van der Waals surface area contributed by atoms with Crippen molar-refractivity contribution >= 4 is 22.5 Å². The van der Waals surface area contributed by atoms with Crippen molar-refractivity contribution in [3.8, 4) is 5.75 Å². The van der Waals surface area contributed by atoms with E-state index in [2.05, 4.69) is 21.4 Å². The van der Waals surface area contributed by atoms with Crippen LogP contribution in [-0.2, 0) is 6.54 Å². The molecule has 0 bridgehead atoms. The second-order valence-electron chi connectivity index (χ2n) is 7.03. The van der Waals surface area contributed by atoms with Crippen molar-refractivity contribution in [1.82, 2.24) is 14.5 Å². The normalized spacial score (nSPS) is 11.0. The molecule has 2 aromatic carbocycles. The third kappa shape index (κ3) is 3.71. The molecule has 0 amide bonds. The lowest BCUT2D eigenvalue weighted by molar-refractivity contribution is 0.402. The average Bonchev–Trinajstić information content (AvgIpc) is 3.15. The van der Waals surface area contributed by atoms with Crippen LogP contribution in [0.3, 0.4) is 0 Å². The molecule has 4 rings (SSSR count). The molecule has 0 saturated heterocycles. The maximum atomic E-state index is 13.6. The number of benzene rings is 2. The van der Waals surface area contributed by atoms with E-state index in [0.29, 0.717) is 18.1 Å². The van der Waals surface area contributed by atoms with Gasteiger partial charge in [-0.3, -0.25) is 4.79 Å². The van der Waals surface area contributed by atoms with Crippen LogP contribution >= 0.6 is 0 Å². The monoisotopic (exact) mass is 392 g/mol. The molecule has 148 valence electrons. The predicted octanol–water partition coefficient (Wildman–Crippen LogP) is 4.28. The van der Waals surface area contributed by atoms with E-state index in [-0.39, 0.29) is 11.6 Å². The molecule has 0 saturated carbocycles. The highest BCUT2D eigenvalue weighted by atomic mass is 19.1. The number of nitrogens with one attached hydrogen (secondary N) is 2. The molecule has 2 aromatic heterocycles. The van der Waals surface area contributed by atoms with Crippen LogP contribution in [0.1, 0.15) is 16.7 Å². The average molecular weight is 392 g/mol. The second kappa shape index (κ2) is 7.43. The molecule has 6 nitrogen and oxygen atoms in total. The van der Waals surface area contributed by atoms with Gasteiger partial charge in [0.2, 0.25) is 11.7 Å². The number of ether oxygens (including phenoxy) is 1. The number of nitrogens with zero attached hydrogens (tertiary/aromatic N) is 2. The molecule has 0 aliphatic heterocycles. The summed E-state index contributed by atoms with van der Waals surface area (Å²) in [6.07, 6.45) is 3.48. The Hall–Kier alpha value is -3.61. The minimum absolute atomic E-state index is 0.144.